The first-order chi connectivity index (χ1) is 18.6. The van der Waals surface area contributed by atoms with Crippen molar-refractivity contribution >= 4 is 16.9 Å². The summed E-state index contributed by atoms with van der Waals surface area (Å²) in [4.78, 5) is 30.6. The lowest BCUT2D eigenvalue weighted by atomic mass is 9.93. The highest BCUT2D eigenvalue weighted by Crippen LogP contribution is 2.29. The van der Waals surface area contributed by atoms with Crippen molar-refractivity contribution in [3.63, 3.8) is 0 Å². The summed E-state index contributed by atoms with van der Waals surface area (Å²) in [6.07, 6.45) is 1.73. The largest absolute Gasteiger partial charge is 0.405 e. The molecule has 2 aliphatic rings. The summed E-state index contributed by atoms with van der Waals surface area (Å²) in [5.41, 5.74) is 12.4. The summed E-state index contributed by atoms with van der Waals surface area (Å²) < 4.78 is 54.9. The number of likely N-dealkylation sites (tertiary alicyclic amines) is 2. The molecule has 2 aromatic rings. The van der Waals surface area contributed by atoms with Gasteiger partial charge in [-0.1, -0.05) is 0 Å². The van der Waals surface area contributed by atoms with E-state index < -0.39 is 24.1 Å². The van der Waals surface area contributed by atoms with Gasteiger partial charge in [0.15, 0.2) is 0 Å². The van der Waals surface area contributed by atoms with E-state index in [4.69, 9.17) is 11.5 Å². The highest BCUT2D eigenvalue weighted by atomic mass is 19.4. The number of hydrogen-bond donors (Lipinski definition) is 2. The number of rotatable bonds is 8. The van der Waals surface area contributed by atoms with Crippen LogP contribution in [0.15, 0.2) is 47.0 Å². The number of benzene rings is 1. The van der Waals surface area contributed by atoms with Crippen LogP contribution >= 0.6 is 0 Å². The minimum Gasteiger partial charge on any atom is -0.405 e. The van der Waals surface area contributed by atoms with Gasteiger partial charge in [-0.25, -0.2) is 9.18 Å². The number of hydrogen-bond acceptors (Lipinski definition) is 5. The predicted octanol–water partition coefficient (Wildman–Crippen LogP) is 3.48. The van der Waals surface area contributed by atoms with Gasteiger partial charge in [0.1, 0.15) is 5.82 Å². The Kier molecular flexibility index (Phi) is 9.04. The number of carbonyl (C=O) groups is 1. The monoisotopic (exact) mass is 552 g/mol. The fourth-order valence-corrected chi connectivity index (χ4v) is 5.74. The summed E-state index contributed by atoms with van der Waals surface area (Å²) in [6.45, 7) is 3.06. The number of piperidine rings is 2. The van der Waals surface area contributed by atoms with Crippen LogP contribution in [-0.2, 0) is 11.3 Å². The van der Waals surface area contributed by atoms with Crippen LogP contribution in [0.25, 0.3) is 11.0 Å². The molecule has 12 heteroatoms. The van der Waals surface area contributed by atoms with Gasteiger partial charge in [0.05, 0.1) is 11.0 Å². The summed E-state index contributed by atoms with van der Waals surface area (Å²) in [5, 5.41) is 0. The quantitative estimate of drug-likeness (QED) is 0.386. The zero-order valence-corrected chi connectivity index (χ0v) is 21.9. The molecule has 0 aliphatic carbocycles. The Bertz CT molecular complexity index is 1270. The van der Waals surface area contributed by atoms with Crippen molar-refractivity contribution in [3.05, 3.63) is 58.5 Å². The van der Waals surface area contributed by atoms with Crippen molar-refractivity contribution in [3.8, 4) is 0 Å². The van der Waals surface area contributed by atoms with Crippen molar-refractivity contribution in [1.29, 1.82) is 0 Å². The number of amides is 1. The zero-order valence-electron chi connectivity index (χ0n) is 21.9. The number of imidazole rings is 1. The van der Waals surface area contributed by atoms with E-state index >= 15 is 0 Å². The third-order valence-electron chi connectivity index (χ3n) is 7.78. The van der Waals surface area contributed by atoms with Gasteiger partial charge in [0.25, 0.3) is 0 Å². The average molecular weight is 553 g/mol. The van der Waals surface area contributed by atoms with E-state index in [-0.39, 0.29) is 30.8 Å². The number of carbonyl (C=O) groups excluding carboxylic acids is 1. The predicted molar refractivity (Wildman–Crippen MR) is 141 cm³/mol. The molecule has 4 N–H and O–H groups in total. The van der Waals surface area contributed by atoms with Crippen molar-refractivity contribution in [2.75, 3.05) is 32.7 Å². The van der Waals surface area contributed by atoms with Gasteiger partial charge in [-0.05, 0) is 87.4 Å². The second kappa shape index (κ2) is 12.3. The highest BCUT2D eigenvalue weighted by molar-refractivity contribution is 5.79. The summed E-state index contributed by atoms with van der Waals surface area (Å²) in [5.74, 6) is -0.496. The second-order valence-electron chi connectivity index (χ2n) is 10.4. The number of fused-ring (bicyclic) bond motifs is 1. The van der Waals surface area contributed by atoms with Crippen LogP contribution in [0, 0.1) is 11.7 Å². The highest BCUT2D eigenvalue weighted by Gasteiger charge is 2.33. The molecular weight excluding hydrogens is 516 g/mol. The van der Waals surface area contributed by atoms with E-state index in [1.165, 1.54) is 35.2 Å². The summed E-state index contributed by atoms with van der Waals surface area (Å²) >= 11 is 0. The molecule has 0 atom stereocenters. The maximum Gasteiger partial charge on any atom is 0.389 e. The van der Waals surface area contributed by atoms with E-state index in [0.29, 0.717) is 43.5 Å². The molecular formula is C27H36F4N6O2. The molecule has 1 amide bonds. The average Bonchev–Trinajstić information content (AvgIpc) is 3.18. The van der Waals surface area contributed by atoms with E-state index in [1.807, 2.05) is 4.90 Å². The molecule has 0 radical (unpaired) electrons. The maximum atomic E-state index is 14.0. The van der Waals surface area contributed by atoms with Crippen LogP contribution in [0.4, 0.5) is 17.6 Å². The minimum absolute atomic E-state index is 0.0607. The molecule has 8 nitrogen and oxygen atoms in total. The molecule has 3 heterocycles. The van der Waals surface area contributed by atoms with E-state index in [2.05, 4.69) is 4.90 Å². The van der Waals surface area contributed by atoms with Crippen LogP contribution in [0.2, 0.25) is 0 Å². The zero-order chi connectivity index (χ0) is 28.2. The molecule has 214 valence electrons. The lowest BCUT2D eigenvalue weighted by Gasteiger charge is -2.37. The van der Waals surface area contributed by atoms with Crippen molar-refractivity contribution in [2.24, 2.45) is 17.4 Å². The van der Waals surface area contributed by atoms with Gasteiger partial charge >= 0.3 is 11.9 Å². The molecule has 1 aromatic heterocycles. The Morgan fingerprint density at radius 3 is 2.33 bits per heavy atom. The van der Waals surface area contributed by atoms with Crippen LogP contribution in [0.3, 0.4) is 0 Å². The number of aryl methyl sites for hydroxylation is 1. The first-order valence-electron chi connectivity index (χ1n) is 13.4. The fraction of sp³-hybridized carbons (Fsp3) is 0.556. The number of nitrogens with zero attached hydrogens (tertiary/aromatic N) is 4. The first kappa shape index (κ1) is 28.7. The van der Waals surface area contributed by atoms with E-state index in [0.717, 1.165) is 31.5 Å². The molecule has 2 saturated heterocycles. The number of aromatic nitrogens is 2. The fourth-order valence-electron chi connectivity index (χ4n) is 5.74. The van der Waals surface area contributed by atoms with E-state index in [9.17, 15) is 27.2 Å². The minimum atomic E-state index is -4.32. The van der Waals surface area contributed by atoms with Gasteiger partial charge in [-0.2, -0.15) is 13.2 Å². The lowest BCUT2D eigenvalue weighted by Crippen LogP contribution is -2.46. The van der Waals surface area contributed by atoms with Crippen LogP contribution in [-0.4, -0.2) is 63.7 Å². The number of alkyl halides is 3. The molecule has 39 heavy (non-hydrogen) atoms. The Morgan fingerprint density at radius 1 is 1.03 bits per heavy atom. The molecule has 0 unspecified atom stereocenters. The summed E-state index contributed by atoms with van der Waals surface area (Å²) in [6, 6.07) is 3.73. The molecule has 1 aromatic carbocycles. The van der Waals surface area contributed by atoms with Crippen molar-refractivity contribution in [2.45, 2.75) is 57.3 Å². The molecule has 2 aliphatic heterocycles. The van der Waals surface area contributed by atoms with Crippen LogP contribution in [0.1, 0.15) is 44.6 Å². The van der Waals surface area contributed by atoms with Crippen LogP contribution in [0.5, 0.6) is 0 Å². The van der Waals surface area contributed by atoms with Crippen molar-refractivity contribution in [1.82, 2.24) is 18.9 Å². The molecule has 4 rings (SSSR count). The molecule has 0 saturated carbocycles. The Morgan fingerprint density at radius 2 is 1.72 bits per heavy atom. The Labute approximate surface area is 224 Å². The van der Waals surface area contributed by atoms with E-state index in [1.54, 1.807) is 10.6 Å². The standard InChI is InChI=1S/C27H36F4N6O2/c28-21-2-3-23-24(16-21)36(11-1-9-27(29,30)31)26(39)37(23)22-7-14-35(15-8-22)25(38)20-5-12-34(13-6-20)18-19(17-33)4-10-32/h2-4,10,16-17,20,22H,1,5-9,11-15,18,32-33H2. The SMILES string of the molecule is NC=CC(=CN)CN1CCC(C(=O)N2CCC(n3c(=O)n(CCCC(F)(F)F)c4cc(F)ccc43)CC2)CC1. The third kappa shape index (κ3) is 6.84. The Balaban J connectivity index is 1.39. The smallest absolute Gasteiger partial charge is 0.389 e. The molecule has 0 bridgehead atoms. The maximum absolute atomic E-state index is 14.0. The van der Waals surface area contributed by atoms with Crippen molar-refractivity contribution < 1.29 is 22.4 Å². The van der Waals surface area contributed by atoms with Gasteiger partial charge in [0, 0.05) is 44.6 Å². The third-order valence-corrected chi connectivity index (χ3v) is 7.78. The lowest BCUT2D eigenvalue weighted by molar-refractivity contribution is -0.138. The van der Waals surface area contributed by atoms with Gasteiger partial charge in [-0.15, -0.1) is 0 Å². The van der Waals surface area contributed by atoms with Gasteiger partial charge in [0.2, 0.25) is 5.91 Å². The first-order valence-corrected chi connectivity index (χ1v) is 13.4. The topological polar surface area (TPSA) is 103 Å². The molecule has 2 fully saturated rings. The molecule has 0 spiro atoms. The van der Waals surface area contributed by atoms with Gasteiger partial charge in [-0.3, -0.25) is 18.8 Å². The number of halogens is 4. The second-order valence-corrected chi connectivity index (χ2v) is 10.4. The Hall–Kier alpha value is -3.28. The normalized spacial score (nSPS) is 19.0. The van der Waals surface area contributed by atoms with Gasteiger partial charge < -0.3 is 16.4 Å². The number of nitrogens with two attached hydrogens (primary N) is 2. The summed E-state index contributed by atoms with van der Waals surface area (Å²) in [7, 11) is 0. The van der Waals surface area contributed by atoms with Crippen LogP contribution < -0.4 is 17.2 Å².